The minimum Gasteiger partial charge on any atom is -0.204 e. The number of rotatable bonds is 7. The van der Waals surface area contributed by atoms with Crippen LogP contribution in [0.4, 0.5) is 65.9 Å². The van der Waals surface area contributed by atoms with Crippen molar-refractivity contribution in [3.05, 3.63) is 159 Å². The molecule has 5 rings (SSSR count). The van der Waals surface area contributed by atoms with Crippen molar-refractivity contribution in [3.63, 3.8) is 0 Å². The van der Waals surface area contributed by atoms with Crippen molar-refractivity contribution in [3.8, 4) is 0 Å². The van der Waals surface area contributed by atoms with Crippen LogP contribution in [-0.2, 0) is 0 Å². The van der Waals surface area contributed by atoms with Gasteiger partial charge in [-0.15, -0.1) is 0 Å². The van der Waals surface area contributed by atoms with Crippen molar-refractivity contribution < 1.29 is 65.9 Å². The van der Waals surface area contributed by atoms with Gasteiger partial charge in [-0.05, 0) is 23.2 Å². The van der Waals surface area contributed by atoms with E-state index in [-0.39, 0.29) is 16.7 Å². The molecule has 5 aromatic rings. The Hall–Kier alpha value is -4.80. The van der Waals surface area contributed by atoms with Gasteiger partial charge >= 0.3 is 0 Å². The van der Waals surface area contributed by atoms with E-state index in [1.54, 1.807) is 0 Å². The predicted molar refractivity (Wildman–Crippen MR) is 149 cm³/mol. The van der Waals surface area contributed by atoms with E-state index < -0.39 is 126 Å². The van der Waals surface area contributed by atoms with Crippen molar-refractivity contribution in [2.45, 2.75) is 4.90 Å². The molecule has 0 fully saturated rings. The molecule has 0 bridgehead atoms. The van der Waals surface area contributed by atoms with Gasteiger partial charge in [0.05, 0.1) is 0 Å². The van der Waals surface area contributed by atoms with Crippen LogP contribution >= 0.6 is 11.8 Å². The molecule has 0 aliphatic rings. The maximum atomic E-state index is 15.8. The van der Waals surface area contributed by atoms with Gasteiger partial charge in [-0.25, -0.2) is 65.9 Å². The first kappa shape index (κ1) is 35.5. The first-order valence-corrected chi connectivity index (χ1v) is 14.0. The Morgan fingerprint density at radius 3 is 1.04 bits per heavy atom. The summed E-state index contributed by atoms with van der Waals surface area (Å²) in [5, 5.41) is 0. The van der Waals surface area contributed by atoms with E-state index in [0.717, 1.165) is 12.1 Å². The molecule has 0 unspecified atom stereocenters. The van der Waals surface area contributed by atoms with Gasteiger partial charge in [-0.1, -0.05) is 60.3 Å². The average Bonchev–Trinajstić information content (AvgIpc) is 3.11. The van der Waals surface area contributed by atoms with Gasteiger partial charge < -0.3 is 0 Å². The second kappa shape index (κ2) is 13.6. The number of benzene rings is 5. The van der Waals surface area contributed by atoms with Crippen molar-refractivity contribution in [1.29, 1.82) is 0 Å². The SMILES string of the molecule is Fc1c(F)c(F)c(B(/C(=C(\Sc2ccccc2)c2ccccc2)c2c(F)c(F)c(F)c(F)c2F)c2c(F)c(F)c(F)c(F)c2F)c(F)c1F. The Balaban J connectivity index is 2.17. The largest absolute Gasteiger partial charge is 0.259 e. The van der Waals surface area contributed by atoms with Gasteiger partial charge in [0.25, 0.3) is 6.71 Å². The van der Waals surface area contributed by atoms with Crippen LogP contribution in [0.2, 0.25) is 0 Å². The van der Waals surface area contributed by atoms with E-state index in [2.05, 4.69) is 0 Å². The quantitative estimate of drug-likeness (QED) is 0.0403. The molecule has 0 N–H and O–H groups in total. The van der Waals surface area contributed by atoms with Crippen LogP contribution < -0.4 is 10.9 Å². The molecule has 0 atom stereocenters. The normalized spacial score (nSPS) is 12.0. The predicted octanol–water partition coefficient (Wildman–Crippen LogP) is 9.28. The summed E-state index contributed by atoms with van der Waals surface area (Å²) in [6.45, 7) is -3.71. The Bertz CT molecular complexity index is 2000. The smallest absolute Gasteiger partial charge is 0.204 e. The summed E-state index contributed by atoms with van der Waals surface area (Å²) >= 11 is 0.237. The summed E-state index contributed by atoms with van der Waals surface area (Å²) in [7, 11) is 0. The lowest BCUT2D eigenvalue weighted by Gasteiger charge is -2.26. The maximum Gasteiger partial charge on any atom is 0.259 e. The molecular formula is C32H10BF15S. The highest BCUT2D eigenvalue weighted by atomic mass is 32.2. The van der Waals surface area contributed by atoms with Gasteiger partial charge in [-0.2, -0.15) is 0 Å². The van der Waals surface area contributed by atoms with Crippen LogP contribution in [-0.4, -0.2) is 6.71 Å². The Morgan fingerprint density at radius 2 is 0.673 bits per heavy atom. The van der Waals surface area contributed by atoms with E-state index in [0.29, 0.717) is 0 Å². The molecule has 0 radical (unpaired) electrons. The zero-order chi connectivity index (χ0) is 36.1. The molecule has 0 aliphatic heterocycles. The highest BCUT2D eigenvalue weighted by Crippen LogP contribution is 2.44. The van der Waals surface area contributed by atoms with Gasteiger partial charge in [-0.3, -0.25) is 0 Å². The second-order valence-electron chi connectivity index (χ2n) is 9.87. The van der Waals surface area contributed by atoms with Gasteiger partial charge in [0, 0.05) is 26.3 Å². The molecule has 252 valence electrons. The first-order valence-electron chi connectivity index (χ1n) is 13.2. The van der Waals surface area contributed by atoms with E-state index in [1.807, 2.05) is 0 Å². The molecule has 0 saturated carbocycles. The molecule has 5 aromatic carbocycles. The third kappa shape index (κ3) is 5.93. The molecule has 0 aliphatic carbocycles. The van der Waals surface area contributed by atoms with Crippen molar-refractivity contribution in [2.24, 2.45) is 0 Å². The fourth-order valence-corrected chi connectivity index (χ4v) is 5.99. The Morgan fingerprint density at radius 1 is 0.367 bits per heavy atom. The van der Waals surface area contributed by atoms with Crippen molar-refractivity contribution in [1.82, 2.24) is 0 Å². The van der Waals surface area contributed by atoms with Gasteiger partial charge in [0.1, 0.15) is 0 Å². The fraction of sp³-hybridized carbons (Fsp3) is 0. The van der Waals surface area contributed by atoms with Crippen molar-refractivity contribution in [2.75, 3.05) is 0 Å². The lowest BCUT2D eigenvalue weighted by molar-refractivity contribution is 0.376. The van der Waals surface area contributed by atoms with Crippen LogP contribution in [0.3, 0.4) is 0 Å². The summed E-state index contributed by atoms with van der Waals surface area (Å²) in [6, 6.07) is 12.2. The third-order valence-electron chi connectivity index (χ3n) is 7.08. The average molecular weight is 722 g/mol. The summed E-state index contributed by atoms with van der Waals surface area (Å²) in [6.07, 6.45) is 0. The zero-order valence-corrected chi connectivity index (χ0v) is 24.2. The Labute approximate surface area is 269 Å². The highest BCUT2D eigenvalue weighted by molar-refractivity contribution is 8.08. The molecule has 17 heteroatoms. The van der Waals surface area contributed by atoms with Crippen LogP contribution in [0.15, 0.2) is 65.6 Å². The zero-order valence-electron chi connectivity index (χ0n) is 23.4. The first-order chi connectivity index (χ1) is 23.1. The fourth-order valence-electron chi connectivity index (χ4n) is 4.88. The summed E-state index contributed by atoms with van der Waals surface area (Å²) in [5.41, 5.74) is -9.48. The van der Waals surface area contributed by atoms with Crippen LogP contribution in [0.1, 0.15) is 11.1 Å². The van der Waals surface area contributed by atoms with Crippen LogP contribution in [0, 0.1) is 87.3 Å². The molecule has 0 nitrogen and oxygen atoms in total. The van der Waals surface area contributed by atoms with E-state index >= 15 is 26.3 Å². The maximum absolute atomic E-state index is 15.8. The number of hydrogen-bond donors (Lipinski definition) is 0. The Kier molecular flexibility index (Phi) is 9.86. The monoisotopic (exact) mass is 722 g/mol. The topological polar surface area (TPSA) is 0 Å². The molecule has 0 aromatic heterocycles. The lowest BCUT2D eigenvalue weighted by atomic mass is 9.34. The van der Waals surface area contributed by atoms with E-state index in [4.69, 9.17) is 0 Å². The van der Waals surface area contributed by atoms with E-state index in [9.17, 15) is 39.5 Å². The van der Waals surface area contributed by atoms with Crippen LogP contribution in [0.5, 0.6) is 0 Å². The molecule has 0 saturated heterocycles. The van der Waals surface area contributed by atoms with Gasteiger partial charge in [0.15, 0.2) is 81.4 Å². The standard InChI is InChI=1S/C32H10BF15S/c34-17-13(18(35)24(41)29(46)23(17)40)14(32(11-7-3-1-4-8-11)49-12-9-5-2-6-10-12)33(15-19(36)25(42)30(47)26(43)20(15)37)16-21(38)27(44)31(48)28(45)22(16)39/h1-10H/b32-14-. The van der Waals surface area contributed by atoms with Crippen LogP contribution in [0.25, 0.3) is 10.4 Å². The minimum absolute atomic E-state index is 0.0451. The number of halogens is 15. The molecule has 0 amide bonds. The summed E-state index contributed by atoms with van der Waals surface area (Å²) in [4.78, 5) is -0.996. The molecule has 49 heavy (non-hydrogen) atoms. The molecule has 0 spiro atoms. The summed E-state index contributed by atoms with van der Waals surface area (Å²) < 4.78 is 225. The third-order valence-corrected chi connectivity index (χ3v) is 8.24. The highest BCUT2D eigenvalue weighted by Gasteiger charge is 2.45. The van der Waals surface area contributed by atoms with Crippen molar-refractivity contribution >= 4 is 39.8 Å². The number of thioether (sulfide) groups is 1. The van der Waals surface area contributed by atoms with E-state index in [1.165, 1.54) is 48.5 Å². The number of hydrogen-bond acceptors (Lipinski definition) is 1. The summed E-state index contributed by atoms with van der Waals surface area (Å²) in [5.74, 6) is -43.4. The molecule has 0 heterocycles. The molecular weight excluding hydrogens is 712 g/mol. The minimum atomic E-state index is -3.71. The van der Waals surface area contributed by atoms with Gasteiger partial charge in [0.2, 0.25) is 5.82 Å². The lowest BCUT2D eigenvalue weighted by Crippen LogP contribution is -2.52. The second-order valence-corrected chi connectivity index (χ2v) is 11.0.